The van der Waals surface area contributed by atoms with Crippen LogP contribution in [0.2, 0.25) is 0 Å². The zero-order valence-electron chi connectivity index (χ0n) is 9.36. The quantitative estimate of drug-likeness (QED) is 0.556. The van der Waals surface area contributed by atoms with Gasteiger partial charge in [0.1, 0.15) is 5.60 Å². The molecule has 0 saturated heterocycles. The SMILES string of the molecule is CC(C)(C)OC(=O)C[C@@H](O)CC(O)CCl. The molecule has 2 N–H and O–H groups in total. The highest BCUT2D eigenvalue weighted by Crippen LogP contribution is 2.11. The minimum atomic E-state index is -0.909. The standard InChI is InChI=1S/C10H19ClO4/c1-10(2,3)15-9(14)5-7(12)4-8(13)6-11/h7-8,12-13H,4-6H2,1-3H3/t7-,8?/m0/s1. The second-order valence-electron chi connectivity index (χ2n) is 4.49. The van der Waals surface area contributed by atoms with Crippen LogP contribution in [0, 0.1) is 0 Å². The summed E-state index contributed by atoms with van der Waals surface area (Å²) in [6.45, 7) is 5.26. The molecule has 0 aromatic rings. The van der Waals surface area contributed by atoms with Gasteiger partial charge in [-0.1, -0.05) is 0 Å². The number of ether oxygens (including phenoxy) is 1. The normalized spacial score (nSPS) is 15.9. The molecule has 15 heavy (non-hydrogen) atoms. The van der Waals surface area contributed by atoms with Crippen LogP contribution in [0.5, 0.6) is 0 Å². The van der Waals surface area contributed by atoms with Crippen molar-refractivity contribution in [1.29, 1.82) is 0 Å². The van der Waals surface area contributed by atoms with E-state index in [0.29, 0.717) is 0 Å². The molecule has 4 nitrogen and oxygen atoms in total. The van der Waals surface area contributed by atoms with Gasteiger partial charge in [0, 0.05) is 12.3 Å². The number of alkyl halides is 1. The van der Waals surface area contributed by atoms with Crippen LogP contribution in [-0.2, 0) is 9.53 Å². The van der Waals surface area contributed by atoms with Crippen LogP contribution in [0.25, 0.3) is 0 Å². The van der Waals surface area contributed by atoms with E-state index in [1.54, 1.807) is 20.8 Å². The molecule has 0 aromatic carbocycles. The summed E-state index contributed by atoms with van der Waals surface area (Å²) in [6, 6.07) is 0. The van der Waals surface area contributed by atoms with Crippen LogP contribution in [0.1, 0.15) is 33.6 Å². The van der Waals surface area contributed by atoms with Gasteiger partial charge in [0.2, 0.25) is 0 Å². The first-order chi connectivity index (χ1) is 6.74. The van der Waals surface area contributed by atoms with E-state index in [4.69, 9.17) is 21.4 Å². The summed E-state index contributed by atoms with van der Waals surface area (Å²) < 4.78 is 5.01. The molecule has 2 atom stereocenters. The Bertz CT molecular complexity index is 200. The highest BCUT2D eigenvalue weighted by Gasteiger charge is 2.20. The average Bonchev–Trinajstić information content (AvgIpc) is 1.99. The van der Waals surface area contributed by atoms with Gasteiger partial charge in [-0.15, -0.1) is 11.6 Å². The third kappa shape index (κ3) is 8.66. The number of esters is 1. The number of aliphatic hydroxyl groups excluding tert-OH is 2. The van der Waals surface area contributed by atoms with E-state index in [1.165, 1.54) is 0 Å². The number of rotatable bonds is 5. The molecule has 0 heterocycles. The molecule has 0 saturated carbocycles. The first kappa shape index (κ1) is 14.7. The topological polar surface area (TPSA) is 66.8 Å². The number of hydrogen-bond donors (Lipinski definition) is 2. The molecule has 0 spiro atoms. The first-order valence-corrected chi connectivity index (χ1v) is 5.42. The molecule has 0 amide bonds. The third-order valence-electron chi connectivity index (χ3n) is 1.54. The molecule has 5 heteroatoms. The van der Waals surface area contributed by atoms with Gasteiger partial charge in [0.15, 0.2) is 0 Å². The lowest BCUT2D eigenvalue weighted by atomic mass is 10.1. The average molecular weight is 239 g/mol. The van der Waals surface area contributed by atoms with Crippen LogP contribution < -0.4 is 0 Å². The van der Waals surface area contributed by atoms with Gasteiger partial charge >= 0.3 is 5.97 Å². The van der Waals surface area contributed by atoms with Gasteiger partial charge in [-0.25, -0.2) is 0 Å². The maximum Gasteiger partial charge on any atom is 0.308 e. The number of halogens is 1. The molecule has 0 bridgehead atoms. The van der Waals surface area contributed by atoms with Gasteiger partial charge < -0.3 is 14.9 Å². The van der Waals surface area contributed by atoms with Crippen molar-refractivity contribution in [1.82, 2.24) is 0 Å². The predicted molar refractivity (Wildman–Crippen MR) is 57.8 cm³/mol. The van der Waals surface area contributed by atoms with Crippen molar-refractivity contribution in [2.24, 2.45) is 0 Å². The molecule has 90 valence electrons. The van der Waals surface area contributed by atoms with Crippen LogP contribution in [0.4, 0.5) is 0 Å². The molecule has 0 fully saturated rings. The summed E-state index contributed by atoms with van der Waals surface area (Å²) in [5, 5.41) is 18.5. The highest BCUT2D eigenvalue weighted by molar-refractivity contribution is 6.18. The summed E-state index contributed by atoms with van der Waals surface area (Å²) in [5.74, 6) is -0.428. The predicted octanol–water partition coefficient (Wildman–Crippen LogP) is 1.07. The molecular formula is C10H19ClO4. The number of carbonyl (C=O) groups excluding carboxylic acids is 1. The van der Waals surface area contributed by atoms with Crippen molar-refractivity contribution in [2.45, 2.75) is 51.4 Å². The van der Waals surface area contributed by atoms with Gasteiger partial charge in [-0.05, 0) is 20.8 Å². The van der Waals surface area contributed by atoms with Crippen LogP contribution in [0.15, 0.2) is 0 Å². The van der Waals surface area contributed by atoms with Crippen molar-refractivity contribution in [3.8, 4) is 0 Å². The van der Waals surface area contributed by atoms with Crippen LogP contribution in [-0.4, -0.2) is 39.9 Å². The number of aliphatic hydroxyl groups is 2. The van der Waals surface area contributed by atoms with Crippen molar-refractivity contribution < 1.29 is 19.7 Å². The fourth-order valence-corrected chi connectivity index (χ4v) is 1.16. The summed E-state index contributed by atoms with van der Waals surface area (Å²) in [4.78, 5) is 11.2. The molecule has 0 aliphatic carbocycles. The molecule has 0 aromatic heterocycles. The van der Waals surface area contributed by atoms with Gasteiger partial charge in [-0.2, -0.15) is 0 Å². The smallest absolute Gasteiger partial charge is 0.308 e. The highest BCUT2D eigenvalue weighted by atomic mass is 35.5. The molecule has 0 aliphatic heterocycles. The van der Waals surface area contributed by atoms with E-state index in [9.17, 15) is 9.90 Å². The van der Waals surface area contributed by atoms with E-state index in [2.05, 4.69) is 0 Å². The van der Waals surface area contributed by atoms with Crippen molar-refractivity contribution >= 4 is 17.6 Å². The first-order valence-electron chi connectivity index (χ1n) is 4.88. The summed E-state index contributed by atoms with van der Waals surface area (Å²) in [7, 11) is 0. The zero-order chi connectivity index (χ0) is 12.1. The van der Waals surface area contributed by atoms with E-state index in [-0.39, 0.29) is 18.7 Å². The maximum absolute atomic E-state index is 11.2. The molecule has 0 aliphatic rings. The van der Waals surface area contributed by atoms with E-state index in [1.807, 2.05) is 0 Å². The Balaban J connectivity index is 3.87. The van der Waals surface area contributed by atoms with Crippen molar-refractivity contribution in [3.05, 3.63) is 0 Å². The lowest BCUT2D eigenvalue weighted by Gasteiger charge is -2.21. The minimum Gasteiger partial charge on any atom is -0.460 e. The Hall–Kier alpha value is -0.320. The second-order valence-corrected chi connectivity index (χ2v) is 4.80. The Labute approximate surface area is 95.2 Å². The Morgan fingerprint density at radius 2 is 1.87 bits per heavy atom. The zero-order valence-corrected chi connectivity index (χ0v) is 10.1. The lowest BCUT2D eigenvalue weighted by Crippen LogP contribution is -2.28. The number of hydrogen-bond acceptors (Lipinski definition) is 4. The fourth-order valence-electron chi connectivity index (χ4n) is 1.04. The van der Waals surface area contributed by atoms with Crippen LogP contribution in [0.3, 0.4) is 0 Å². The Morgan fingerprint density at radius 1 is 1.33 bits per heavy atom. The molecule has 0 radical (unpaired) electrons. The maximum atomic E-state index is 11.2. The number of carbonyl (C=O) groups is 1. The van der Waals surface area contributed by atoms with E-state index in [0.717, 1.165) is 0 Å². The largest absolute Gasteiger partial charge is 0.460 e. The van der Waals surface area contributed by atoms with Crippen molar-refractivity contribution in [2.75, 3.05) is 5.88 Å². The molecule has 0 rings (SSSR count). The Kier molecular flexibility index (Phi) is 6.17. The van der Waals surface area contributed by atoms with Gasteiger partial charge in [-0.3, -0.25) is 4.79 Å². The van der Waals surface area contributed by atoms with Crippen LogP contribution >= 0.6 is 11.6 Å². The summed E-state index contributed by atoms with van der Waals surface area (Å²) in [6.07, 6.45) is -1.73. The molecular weight excluding hydrogens is 220 g/mol. The third-order valence-corrected chi connectivity index (χ3v) is 1.90. The van der Waals surface area contributed by atoms with Crippen molar-refractivity contribution in [3.63, 3.8) is 0 Å². The second kappa shape index (κ2) is 6.30. The lowest BCUT2D eigenvalue weighted by molar-refractivity contribution is -0.157. The molecule has 1 unspecified atom stereocenters. The van der Waals surface area contributed by atoms with Gasteiger partial charge in [0.25, 0.3) is 0 Å². The fraction of sp³-hybridized carbons (Fsp3) is 0.900. The van der Waals surface area contributed by atoms with E-state index < -0.39 is 23.8 Å². The van der Waals surface area contributed by atoms with Gasteiger partial charge in [0.05, 0.1) is 18.6 Å². The monoisotopic (exact) mass is 238 g/mol. The Morgan fingerprint density at radius 3 is 2.27 bits per heavy atom. The summed E-state index contributed by atoms with van der Waals surface area (Å²) >= 11 is 5.36. The minimum absolute atomic E-state index is 0.0470. The summed E-state index contributed by atoms with van der Waals surface area (Å²) in [5.41, 5.74) is -0.554. The van der Waals surface area contributed by atoms with E-state index >= 15 is 0 Å².